The number of aliphatic hydroxyl groups is 1. The van der Waals surface area contributed by atoms with Gasteiger partial charge in [0.1, 0.15) is 12.4 Å². The summed E-state index contributed by atoms with van der Waals surface area (Å²) in [6.07, 6.45) is 3.45. The maximum Gasteiger partial charge on any atom is 0.246 e. The van der Waals surface area contributed by atoms with Gasteiger partial charge in [-0.15, -0.1) is 0 Å². The average molecular weight is 336 g/mol. The highest BCUT2D eigenvalue weighted by Gasteiger charge is 2.22. The summed E-state index contributed by atoms with van der Waals surface area (Å²) >= 11 is 0. The topological polar surface area (TPSA) is 61.8 Å². The quantitative estimate of drug-likeness (QED) is 0.797. The van der Waals surface area contributed by atoms with E-state index in [-0.39, 0.29) is 24.4 Å². The van der Waals surface area contributed by atoms with E-state index in [4.69, 9.17) is 4.74 Å². The van der Waals surface area contributed by atoms with Crippen LogP contribution in [-0.2, 0) is 16.1 Å². The third-order valence-corrected chi connectivity index (χ3v) is 4.59. The molecule has 0 aromatic heterocycles. The third-order valence-electron chi connectivity index (χ3n) is 4.59. The van der Waals surface area contributed by atoms with E-state index in [1.54, 1.807) is 6.07 Å². The van der Waals surface area contributed by atoms with Crippen molar-refractivity contribution in [2.45, 2.75) is 38.3 Å². The van der Waals surface area contributed by atoms with Crippen LogP contribution in [0.15, 0.2) is 18.2 Å². The minimum atomic E-state index is -0.289. The van der Waals surface area contributed by atoms with Crippen LogP contribution in [0.1, 0.15) is 31.2 Å². The van der Waals surface area contributed by atoms with Gasteiger partial charge in [0.15, 0.2) is 0 Å². The first-order valence-corrected chi connectivity index (χ1v) is 8.67. The summed E-state index contributed by atoms with van der Waals surface area (Å²) < 4.78 is 19.6. The molecule has 132 valence electrons. The second-order valence-corrected chi connectivity index (χ2v) is 6.74. The molecule has 0 spiro atoms. The number of carbonyl (C=O) groups is 1. The average Bonchev–Trinajstić information content (AvgIpc) is 3.38. The zero-order valence-electron chi connectivity index (χ0n) is 13.8. The smallest absolute Gasteiger partial charge is 0.246 e. The minimum absolute atomic E-state index is 0.0627. The molecule has 24 heavy (non-hydrogen) atoms. The van der Waals surface area contributed by atoms with Crippen LogP contribution in [0, 0.1) is 11.7 Å². The number of amides is 1. The van der Waals surface area contributed by atoms with E-state index in [1.807, 2.05) is 11.0 Å². The summed E-state index contributed by atoms with van der Waals surface area (Å²) in [6.45, 7) is 2.33. The van der Waals surface area contributed by atoms with Gasteiger partial charge >= 0.3 is 0 Å². The van der Waals surface area contributed by atoms with Gasteiger partial charge in [0, 0.05) is 19.6 Å². The monoisotopic (exact) mass is 336 g/mol. The fraction of sp³-hybridized carbons (Fsp3) is 0.611. The van der Waals surface area contributed by atoms with Crippen LogP contribution in [-0.4, -0.2) is 43.4 Å². The number of hydrogen-bond donors (Lipinski definition) is 2. The Morgan fingerprint density at radius 2 is 2.04 bits per heavy atom. The highest BCUT2D eigenvalue weighted by Crippen LogP contribution is 2.28. The molecule has 2 N–H and O–H groups in total. The van der Waals surface area contributed by atoms with Crippen LogP contribution in [0.5, 0.6) is 0 Å². The van der Waals surface area contributed by atoms with E-state index in [2.05, 4.69) is 5.32 Å². The van der Waals surface area contributed by atoms with Crippen molar-refractivity contribution in [3.05, 3.63) is 29.6 Å². The SMILES string of the molecule is O=C(COCC1CC1)NCc1ccc(N2CCC(O)CC2)c(F)c1. The molecule has 0 unspecified atom stereocenters. The first kappa shape index (κ1) is 17.2. The number of hydrogen-bond acceptors (Lipinski definition) is 4. The van der Waals surface area contributed by atoms with Crippen molar-refractivity contribution in [2.24, 2.45) is 5.92 Å². The number of aliphatic hydroxyl groups excluding tert-OH is 1. The Morgan fingerprint density at radius 3 is 2.71 bits per heavy atom. The number of nitrogens with one attached hydrogen (secondary N) is 1. The molecule has 2 fully saturated rings. The summed E-state index contributed by atoms with van der Waals surface area (Å²) in [6, 6.07) is 5.04. The fourth-order valence-electron chi connectivity index (χ4n) is 2.88. The van der Waals surface area contributed by atoms with Crippen LogP contribution in [0.4, 0.5) is 10.1 Å². The molecule has 1 aliphatic heterocycles. The number of anilines is 1. The van der Waals surface area contributed by atoms with Gasteiger partial charge < -0.3 is 20.1 Å². The minimum Gasteiger partial charge on any atom is -0.393 e. The van der Waals surface area contributed by atoms with Gasteiger partial charge in [-0.25, -0.2) is 4.39 Å². The largest absolute Gasteiger partial charge is 0.393 e. The zero-order chi connectivity index (χ0) is 16.9. The molecule has 1 aromatic carbocycles. The van der Waals surface area contributed by atoms with E-state index < -0.39 is 0 Å². The summed E-state index contributed by atoms with van der Waals surface area (Å²) in [5, 5.41) is 12.3. The predicted octanol–water partition coefficient (Wildman–Crippen LogP) is 1.83. The molecule has 1 aromatic rings. The van der Waals surface area contributed by atoms with Crippen LogP contribution >= 0.6 is 0 Å². The lowest BCUT2D eigenvalue weighted by Gasteiger charge is -2.31. The summed E-state index contributed by atoms with van der Waals surface area (Å²) in [5.74, 6) is 0.170. The molecule has 0 bridgehead atoms. The number of benzene rings is 1. The number of piperidine rings is 1. The first-order valence-electron chi connectivity index (χ1n) is 8.67. The van der Waals surface area contributed by atoms with Gasteiger partial charge in [-0.05, 0) is 49.3 Å². The molecule has 5 nitrogen and oxygen atoms in total. The first-order chi connectivity index (χ1) is 11.6. The van der Waals surface area contributed by atoms with E-state index in [9.17, 15) is 14.3 Å². The Bertz CT molecular complexity index is 569. The van der Waals surface area contributed by atoms with Crippen molar-refractivity contribution >= 4 is 11.6 Å². The number of rotatable bonds is 7. The maximum absolute atomic E-state index is 14.3. The van der Waals surface area contributed by atoms with Crippen LogP contribution in [0.2, 0.25) is 0 Å². The highest BCUT2D eigenvalue weighted by molar-refractivity contribution is 5.77. The molecule has 1 amide bonds. The number of halogens is 1. The van der Waals surface area contributed by atoms with E-state index in [0.29, 0.717) is 50.7 Å². The third kappa shape index (κ3) is 4.92. The van der Waals surface area contributed by atoms with Crippen molar-refractivity contribution in [3.63, 3.8) is 0 Å². The van der Waals surface area contributed by atoms with E-state index in [0.717, 1.165) is 5.56 Å². The summed E-state index contributed by atoms with van der Waals surface area (Å²) in [4.78, 5) is 13.6. The van der Waals surface area contributed by atoms with Crippen molar-refractivity contribution in [2.75, 3.05) is 31.2 Å². The molecule has 3 rings (SSSR count). The van der Waals surface area contributed by atoms with Crippen molar-refractivity contribution in [3.8, 4) is 0 Å². The standard InChI is InChI=1S/C18H25FN2O3/c19-16-9-14(10-20-18(23)12-24-11-13-1-2-13)3-4-17(16)21-7-5-15(22)6-8-21/h3-4,9,13,15,22H,1-2,5-8,10-12H2,(H,20,23). The second-order valence-electron chi connectivity index (χ2n) is 6.74. The molecule has 1 heterocycles. The normalized spacial score (nSPS) is 18.7. The Hall–Kier alpha value is -1.66. The Kier molecular flexibility index (Phi) is 5.68. The lowest BCUT2D eigenvalue weighted by atomic mass is 10.1. The summed E-state index contributed by atoms with van der Waals surface area (Å²) in [5.41, 5.74) is 1.29. The number of carbonyl (C=O) groups excluding carboxylic acids is 1. The molecular weight excluding hydrogens is 311 g/mol. The molecule has 2 aliphatic rings. The fourth-order valence-corrected chi connectivity index (χ4v) is 2.88. The number of nitrogens with zero attached hydrogens (tertiary/aromatic N) is 1. The van der Waals surface area contributed by atoms with E-state index >= 15 is 0 Å². The second kappa shape index (κ2) is 7.94. The molecule has 1 saturated carbocycles. The van der Waals surface area contributed by atoms with Gasteiger partial charge in [0.25, 0.3) is 0 Å². The van der Waals surface area contributed by atoms with Crippen LogP contribution in [0.25, 0.3) is 0 Å². The molecule has 1 aliphatic carbocycles. The Morgan fingerprint density at radius 1 is 1.29 bits per heavy atom. The van der Waals surface area contributed by atoms with Crippen molar-refractivity contribution in [1.29, 1.82) is 0 Å². The lowest BCUT2D eigenvalue weighted by molar-refractivity contribution is -0.126. The molecule has 0 radical (unpaired) electrons. The molecule has 6 heteroatoms. The van der Waals surface area contributed by atoms with Gasteiger partial charge in [0.2, 0.25) is 5.91 Å². The van der Waals surface area contributed by atoms with Gasteiger partial charge in [-0.1, -0.05) is 6.07 Å². The van der Waals surface area contributed by atoms with Gasteiger partial charge in [-0.2, -0.15) is 0 Å². The van der Waals surface area contributed by atoms with Gasteiger partial charge in [0.05, 0.1) is 18.4 Å². The summed E-state index contributed by atoms with van der Waals surface area (Å²) in [7, 11) is 0. The highest BCUT2D eigenvalue weighted by atomic mass is 19.1. The Balaban J connectivity index is 1.46. The van der Waals surface area contributed by atoms with Gasteiger partial charge in [-0.3, -0.25) is 4.79 Å². The number of ether oxygens (including phenoxy) is 1. The molecular formula is C18H25FN2O3. The van der Waals surface area contributed by atoms with Crippen LogP contribution in [0.3, 0.4) is 0 Å². The Labute approximate surface area is 141 Å². The van der Waals surface area contributed by atoms with Crippen LogP contribution < -0.4 is 10.2 Å². The predicted molar refractivity (Wildman–Crippen MR) is 89.2 cm³/mol. The van der Waals surface area contributed by atoms with E-state index in [1.165, 1.54) is 18.9 Å². The lowest BCUT2D eigenvalue weighted by Crippen LogP contribution is -2.36. The van der Waals surface area contributed by atoms with Crippen molar-refractivity contribution in [1.82, 2.24) is 5.32 Å². The maximum atomic E-state index is 14.3. The van der Waals surface area contributed by atoms with Crippen molar-refractivity contribution < 1.29 is 19.0 Å². The molecule has 1 saturated heterocycles. The zero-order valence-corrected chi connectivity index (χ0v) is 13.8. The molecule has 0 atom stereocenters.